The minimum absolute atomic E-state index is 0.0266. The molecule has 100 valence electrons. The zero-order valence-corrected chi connectivity index (χ0v) is 12.2. The molecule has 0 heterocycles. The van der Waals surface area contributed by atoms with Crippen LogP contribution in [0.5, 0.6) is 0 Å². The maximum absolute atomic E-state index is 12.5. The molecular formula is C14H21ClN2O. The van der Waals surface area contributed by atoms with Crippen LogP contribution < -0.4 is 5.32 Å². The Balaban J connectivity index is 3.11. The Hall–Kier alpha value is -1.22. The summed E-state index contributed by atoms with van der Waals surface area (Å²) in [7, 11) is 1.81. The Morgan fingerprint density at radius 3 is 2.61 bits per heavy atom. The van der Waals surface area contributed by atoms with Gasteiger partial charge in [0.1, 0.15) is 0 Å². The van der Waals surface area contributed by atoms with Gasteiger partial charge in [0.25, 0.3) is 5.91 Å². The summed E-state index contributed by atoms with van der Waals surface area (Å²) >= 11 is 5.98. The Morgan fingerprint density at radius 1 is 1.44 bits per heavy atom. The standard InChI is InChI=1S/C14H21ClN2O/c1-5-10(3)17(6-2)14(18)12-9-11(15)7-8-13(12)16-4/h7-10,16H,5-6H2,1-4H3. The summed E-state index contributed by atoms with van der Waals surface area (Å²) in [5.74, 6) is 0.0266. The van der Waals surface area contributed by atoms with Crippen LogP contribution in [0.3, 0.4) is 0 Å². The van der Waals surface area contributed by atoms with E-state index in [1.54, 1.807) is 19.2 Å². The molecule has 1 unspecified atom stereocenters. The third kappa shape index (κ3) is 3.16. The predicted molar refractivity (Wildman–Crippen MR) is 77.5 cm³/mol. The van der Waals surface area contributed by atoms with Crippen molar-refractivity contribution in [3.63, 3.8) is 0 Å². The van der Waals surface area contributed by atoms with Crippen molar-refractivity contribution in [1.29, 1.82) is 0 Å². The van der Waals surface area contributed by atoms with Gasteiger partial charge in [-0.3, -0.25) is 4.79 Å². The second-order valence-electron chi connectivity index (χ2n) is 4.29. The van der Waals surface area contributed by atoms with E-state index in [-0.39, 0.29) is 11.9 Å². The number of anilines is 1. The molecule has 0 aliphatic heterocycles. The number of halogens is 1. The number of amides is 1. The first-order chi connectivity index (χ1) is 8.54. The molecule has 3 nitrogen and oxygen atoms in total. The third-order valence-electron chi connectivity index (χ3n) is 3.21. The molecule has 1 N–H and O–H groups in total. The van der Waals surface area contributed by atoms with Crippen LogP contribution in [-0.2, 0) is 0 Å². The van der Waals surface area contributed by atoms with Crippen LogP contribution >= 0.6 is 11.6 Å². The predicted octanol–water partition coefficient (Wildman–Crippen LogP) is 3.64. The molecular weight excluding hydrogens is 248 g/mol. The first kappa shape index (κ1) is 14.8. The quantitative estimate of drug-likeness (QED) is 0.884. The zero-order chi connectivity index (χ0) is 13.7. The van der Waals surface area contributed by atoms with Crippen LogP contribution in [-0.4, -0.2) is 30.4 Å². The van der Waals surface area contributed by atoms with Crippen molar-refractivity contribution in [2.24, 2.45) is 0 Å². The average Bonchev–Trinajstić information content (AvgIpc) is 2.39. The number of rotatable bonds is 5. The van der Waals surface area contributed by atoms with Gasteiger partial charge in [-0.2, -0.15) is 0 Å². The van der Waals surface area contributed by atoms with Gasteiger partial charge in [-0.05, 0) is 38.5 Å². The van der Waals surface area contributed by atoms with Crippen LogP contribution in [0.15, 0.2) is 18.2 Å². The zero-order valence-electron chi connectivity index (χ0n) is 11.5. The number of hydrogen-bond acceptors (Lipinski definition) is 2. The molecule has 0 saturated heterocycles. The minimum Gasteiger partial charge on any atom is -0.387 e. The highest BCUT2D eigenvalue weighted by molar-refractivity contribution is 6.31. The van der Waals surface area contributed by atoms with Crippen molar-refractivity contribution < 1.29 is 4.79 Å². The summed E-state index contributed by atoms with van der Waals surface area (Å²) < 4.78 is 0. The Kier molecular flexibility index (Phi) is 5.48. The van der Waals surface area contributed by atoms with Gasteiger partial charge in [-0.25, -0.2) is 0 Å². The number of benzene rings is 1. The van der Waals surface area contributed by atoms with E-state index in [4.69, 9.17) is 11.6 Å². The minimum atomic E-state index is 0.0266. The molecule has 0 aliphatic carbocycles. The lowest BCUT2D eigenvalue weighted by molar-refractivity contribution is 0.0701. The fourth-order valence-electron chi connectivity index (χ4n) is 1.94. The number of nitrogens with one attached hydrogen (secondary N) is 1. The lowest BCUT2D eigenvalue weighted by Gasteiger charge is -2.28. The molecule has 1 aromatic carbocycles. The Bertz CT molecular complexity index is 420. The van der Waals surface area contributed by atoms with Gasteiger partial charge in [0.05, 0.1) is 5.56 Å². The van der Waals surface area contributed by atoms with Crippen LogP contribution in [0, 0.1) is 0 Å². The maximum atomic E-state index is 12.5. The van der Waals surface area contributed by atoms with Crippen LogP contribution in [0.1, 0.15) is 37.6 Å². The topological polar surface area (TPSA) is 32.3 Å². The number of nitrogens with zero attached hydrogens (tertiary/aromatic N) is 1. The molecule has 0 radical (unpaired) electrons. The summed E-state index contributed by atoms with van der Waals surface area (Å²) in [6, 6.07) is 5.57. The molecule has 0 bridgehead atoms. The highest BCUT2D eigenvalue weighted by atomic mass is 35.5. The van der Waals surface area contributed by atoms with E-state index in [0.717, 1.165) is 12.1 Å². The molecule has 1 rings (SSSR count). The third-order valence-corrected chi connectivity index (χ3v) is 3.44. The van der Waals surface area contributed by atoms with Crippen molar-refractivity contribution in [2.45, 2.75) is 33.2 Å². The second kappa shape index (κ2) is 6.64. The van der Waals surface area contributed by atoms with Crippen LogP contribution in [0.4, 0.5) is 5.69 Å². The highest BCUT2D eigenvalue weighted by Gasteiger charge is 2.21. The number of carbonyl (C=O) groups is 1. The fraction of sp³-hybridized carbons (Fsp3) is 0.500. The van der Waals surface area contributed by atoms with Gasteiger partial charge in [0.2, 0.25) is 0 Å². The SMILES string of the molecule is CCC(C)N(CC)C(=O)c1cc(Cl)ccc1NC. The van der Waals surface area contributed by atoms with Crippen molar-refractivity contribution in [3.8, 4) is 0 Å². The molecule has 0 saturated carbocycles. The van der Waals surface area contributed by atoms with Gasteiger partial charge in [-0.1, -0.05) is 18.5 Å². The highest BCUT2D eigenvalue weighted by Crippen LogP contribution is 2.23. The van der Waals surface area contributed by atoms with E-state index in [0.29, 0.717) is 17.1 Å². The van der Waals surface area contributed by atoms with Crippen molar-refractivity contribution in [1.82, 2.24) is 4.90 Å². The van der Waals surface area contributed by atoms with Gasteiger partial charge in [-0.15, -0.1) is 0 Å². The van der Waals surface area contributed by atoms with Gasteiger partial charge >= 0.3 is 0 Å². The summed E-state index contributed by atoms with van der Waals surface area (Å²) in [4.78, 5) is 14.4. The maximum Gasteiger partial charge on any atom is 0.256 e. The molecule has 1 atom stereocenters. The molecule has 0 aromatic heterocycles. The molecule has 18 heavy (non-hydrogen) atoms. The molecule has 1 amide bonds. The summed E-state index contributed by atoms with van der Waals surface area (Å²) in [6.45, 7) is 6.83. The van der Waals surface area contributed by atoms with Gasteiger partial charge in [0.15, 0.2) is 0 Å². The lowest BCUT2D eigenvalue weighted by Crippen LogP contribution is -2.38. The number of carbonyl (C=O) groups excluding carboxylic acids is 1. The van der Waals surface area contributed by atoms with E-state index in [9.17, 15) is 4.79 Å². The van der Waals surface area contributed by atoms with E-state index >= 15 is 0 Å². The van der Waals surface area contributed by atoms with Crippen LogP contribution in [0.25, 0.3) is 0 Å². The summed E-state index contributed by atoms with van der Waals surface area (Å²) in [5.41, 5.74) is 1.44. The molecule has 0 spiro atoms. The molecule has 0 aliphatic rings. The lowest BCUT2D eigenvalue weighted by atomic mass is 10.1. The van der Waals surface area contributed by atoms with Gasteiger partial charge < -0.3 is 10.2 Å². The van der Waals surface area contributed by atoms with E-state index in [2.05, 4.69) is 19.2 Å². The van der Waals surface area contributed by atoms with Crippen molar-refractivity contribution in [3.05, 3.63) is 28.8 Å². The first-order valence-corrected chi connectivity index (χ1v) is 6.71. The van der Waals surface area contributed by atoms with Crippen molar-refractivity contribution >= 4 is 23.2 Å². The van der Waals surface area contributed by atoms with E-state index in [1.165, 1.54) is 0 Å². The molecule has 1 aromatic rings. The largest absolute Gasteiger partial charge is 0.387 e. The molecule has 0 fully saturated rings. The van der Waals surface area contributed by atoms with Crippen LogP contribution in [0.2, 0.25) is 5.02 Å². The fourth-order valence-corrected chi connectivity index (χ4v) is 2.11. The van der Waals surface area contributed by atoms with E-state index < -0.39 is 0 Å². The monoisotopic (exact) mass is 268 g/mol. The number of hydrogen-bond donors (Lipinski definition) is 1. The second-order valence-corrected chi connectivity index (χ2v) is 4.72. The summed E-state index contributed by atoms with van der Waals surface area (Å²) in [6.07, 6.45) is 0.940. The Labute approximate surface area is 114 Å². The Morgan fingerprint density at radius 2 is 2.11 bits per heavy atom. The first-order valence-electron chi connectivity index (χ1n) is 6.33. The smallest absolute Gasteiger partial charge is 0.256 e. The van der Waals surface area contributed by atoms with E-state index in [1.807, 2.05) is 17.9 Å². The van der Waals surface area contributed by atoms with Gasteiger partial charge in [0, 0.05) is 30.3 Å². The normalized spacial score (nSPS) is 12.1. The van der Waals surface area contributed by atoms with Crippen molar-refractivity contribution in [2.75, 3.05) is 18.9 Å². The summed E-state index contributed by atoms with van der Waals surface area (Å²) in [5, 5.41) is 3.61. The molecule has 4 heteroatoms. The average molecular weight is 269 g/mol.